The maximum atomic E-state index is 14.5. The molecule has 0 spiro atoms. The maximum absolute atomic E-state index is 14.5. The molecule has 0 aromatic heterocycles. The fourth-order valence-corrected chi connectivity index (χ4v) is 2.88. The Labute approximate surface area is 161 Å². The van der Waals surface area contributed by atoms with Crippen molar-refractivity contribution < 1.29 is 23.0 Å². The third kappa shape index (κ3) is 4.19. The number of aliphatic imine (C=N–C) groups is 1. The molecule has 28 heavy (non-hydrogen) atoms. The van der Waals surface area contributed by atoms with Crippen LogP contribution in [-0.2, 0) is 16.1 Å². The lowest BCUT2D eigenvalue weighted by Crippen LogP contribution is -2.42. The number of nitrogens with zero attached hydrogens (tertiary/aromatic N) is 2. The van der Waals surface area contributed by atoms with Crippen molar-refractivity contribution in [1.82, 2.24) is 4.90 Å². The van der Waals surface area contributed by atoms with Gasteiger partial charge in [0.05, 0.1) is 13.2 Å². The van der Waals surface area contributed by atoms with Crippen molar-refractivity contribution in [2.45, 2.75) is 26.0 Å². The van der Waals surface area contributed by atoms with Crippen LogP contribution in [0.15, 0.2) is 65.3 Å². The number of amidine groups is 1. The highest BCUT2D eigenvalue weighted by Crippen LogP contribution is 2.32. The number of ether oxygens (including phenoxy) is 2. The van der Waals surface area contributed by atoms with E-state index in [-0.39, 0.29) is 18.2 Å². The monoisotopic (exact) mass is 386 g/mol. The summed E-state index contributed by atoms with van der Waals surface area (Å²) in [5, 5.41) is 0. The van der Waals surface area contributed by atoms with Crippen molar-refractivity contribution in [2.75, 3.05) is 7.11 Å². The predicted octanol–water partition coefficient (Wildman–Crippen LogP) is 4.95. The SMILES string of the molecule is CCC1=CC(c2ccc(F)cc2F)N(C(=O)OCc2ccccc2)C(OC)=N1. The molecule has 1 aliphatic heterocycles. The van der Waals surface area contributed by atoms with Crippen LogP contribution in [0, 0.1) is 11.6 Å². The molecule has 7 heteroatoms. The molecule has 1 aliphatic rings. The first-order valence-corrected chi connectivity index (χ1v) is 8.81. The number of rotatable bonds is 4. The van der Waals surface area contributed by atoms with Crippen molar-refractivity contribution in [3.05, 3.63) is 83.1 Å². The van der Waals surface area contributed by atoms with Gasteiger partial charge in [0.1, 0.15) is 18.2 Å². The molecule has 0 fully saturated rings. The quantitative estimate of drug-likeness (QED) is 0.747. The molecule has 1 atom stereocenters. The van der Waals surface area contributed by atoms with Crippen LogP contribution in [0.2, 0.25) is 0 Å². The molecule has 0 radical (unpaired) electrons. The van der Waals surface area contributed by atoms with E-state index in [2.05, 4.69) is 4.99 Å². The third-order valence-corrected chi connectivity index (χ3v) is 4.30. The summed E-state index contributed by atoms with van der Waals surface area (Å²) in [5.41, 5.74) is 1.55. The molecule has 0 saturated heterocycles. The van der Waals surface area contributed by atoms with Crippen LogP contribution in [0.3, 0.4) is 0 Å². The van der Waals surface area contributed by atoms with Crippen molar-refractivity contribution >= 4 is 12.1 Å². The average Bonchev–Trinajstić information content (AvgIpc) is 2.71. The van der Waals surface area contributed by atoms with Crippen LogP contribution in [0.4, 0.5) is 13.6 Å². The molecule has 0 aliphatic carbocycles. The molecule has 2 aromatic rings. The molecule has 2 aromatic carbocycles. The van der Waals surface area contributed by atoms with Crippen LogP contribution in [-0.4, -0.2) is 24.1 Å². The average molecular weight is 386 g/mol. The molecular formula is C21H20F2N2O3. The van der Waals surface area contributed by atoms with Gasteiger partial charge in [0.2, 0.25) is 0 Å². The summed E-state index contributed by atoms with van der Waals surface area (Å²) < 4.78 is 38.5. The number of methoxy groups -OCH3 is 1. The molecule has 1 amide bonds. The van der Waals surface area contributed by atoms with Gasteiger partial charge in [-0.25, -0.2) is 23.5 Å². The van der Waals surface area contributed by atoms with E-state index in [1.807, 2.05) is 37.3 Å². The lowest BCUT2D eigenvalue weighted by molar-refractivity contribution is 0.100. The van der Waals surface area contributed by atoms with E-state index in [1.54, 1.807) is 6.08 Å². The van der Waals surface area contributed by atoms with Gasteiger partial charge in [-0.2, -0.15) is 0 Å². The fraction of sp³-hybridized carbons (Fsp3) is 0.238. The molecule has 0 bridgehead atoms. The van der Waals surface area contributed by atoms with Gasteiger partial charge in [-0.3, -0.25) is 0 Å². The van der Waals surface area contributed by atoms with Crippen LogP contribution in [0.25, 0.3) is 0 Å². The van der Waals surface area contributed by atoms with Gasteiger partial charge in [0, 0.05) is 17.3 Å². The Morgan fingerprint density at radius 2 is 1.93 bits per heavy atom. The summed E-state index contributed by atoms with van der Waals surface area (Å²) in [4.78, 5) is 18.2. The molecule has 1 heterocycles. The van der Waals surface area contributed by atoms with E-state index in [0.717, 1.165) is 22.6 Å². The van der Waals surface area contributed by atoms with Gasteiger partial charge < -0.3 is 9.47 Å². The predicted molar refractivity (Wildman–Crippen MR) is 100 cm³/mol. The number of allylic oxidation sites excluding steroid dienone is 1. The summed E-state index contributed by atoms with van der Waals surface area (Å²) in [7, 11) is 1.37. The highest BCUT2D eigenvalue weighted by atomic mass is 19.1. The number of carbonyl (C=O) groups is 1. The highest BCUT2D eigenvalue weighted by Gasteiger charge is 2.35. The van der Waals surface area contributed by atoms with Crippen molar-refractivity contribution in [1.29, 1.82) is 0 Å². The Morgan fingerprint density at radius 1 is 1.18 bits per heavy atom. The zero-order valence-electron chi connectivity index (χ0n) is 15.6. The smallest absolute Gasteiger partial charge is 0.419 e. The standard InChI is InChI=1S/C21H20F2N2O3/c1-3-16-12-19(17-10-9-15(22)11-18(17)23)25(20(24-16)27-2)21(26)28-13-14-7-5-4-6-8-14/h4-12,19H,3,13H2,1-2H3. The van der Waals surface area contributed by atoms with Gasteiger partial charge >= 0.3 is 12.1 Å². The minimum atomic E-state index is -0.869. The summed E-state index contributed by atoms with van der Waals surface area (Å²) in [6, 6.07) is 11.5. The van der Waals surface area contributed by atoms with Gasteiger partial charge in [-0.1, -0.05) is 43.3 Å². The number of hydrogen-bond donors (Lipinski definition) is 0. The molecule has 5 nitrogen and oxygen atoms in total. The van der Waals surface area contributed by atoms with Crippen LogP contribution >= 0.6 is 0 Å². The second kappa shape index (κ2) is 8.65. The number of carbonyl (C=O) groups excluding carboxylic acids is 1. The molecule has 3 rings (SSSR count). The normalized spacial score (nSPS) is 16.3. The second-order valence-corrected chi connectivity index (χ2v) is 6.13. The van der Waals surface area contributed by atoms with Crippen molar-refractivity contribution in [3.8, 4) is 0 Å². The van der Waals surface area contributed by atoms with E-state index >= 15 is 0 Å². The van der Waals surface area contributed by atoms with Gasteiger partial charge in [-0.05, 0) is 24.1 Å². The highest BCUT2D eigenvalue weighted by molar-refractivity contribution is 5.92. The van der Waals surface area contributed by atoms with E-state index in [9.17, 15) is 13.6 Å². The molecule has 0 saturated carbocycles. The van der Waals surface area contributed by atoms with E-state index < -0.39 is 23.8 Å². The minimum absolute atomic E-state index is 0.00821. The second-order valence-electron chi connectivity index (χ2n) is 6.13. The van der Waals surface area contributed by atoms with E-state index in [1.165, 1.54) is 13.2 Å². The lowest BCUT2D eigenvalue weighted by Gasteiger charge is -2.32. The summed E-state index contributed by atoms with van der Waals surface area (Å²) >= 11 is 0. The Morgan fingerprint density at radius 3 is 2.57 bits per heavy atom. The molecule has 146 valence electrons. The van der Waals surface area contributed by atoms with E-state index in [0.29, 0.717) is 12.1 Å². The van der Waals surface area contributed by atoms with Crippen molar-refractivity contribution in [2.24, 2.45) is 4.99 Å². The Bertz CT molecular complexity index is 913. The first kappa shape index (κ1) is 19.5. The first-order valence-electron chi connectivity index (χ1n) is 8.81. The van der Waals surface area contributed by atoms with Crippen molar-refractivity contribution in [3.63, 3.8) is 0 Å². The summed E-state index contributed by atoms with van der Waals surface area (Å²) in [6.45, 7) is 1.92. The number of hydrogen-bond acceptors (Lipinski definition) is 4. The third-order valence-electron chi connectivity index (χ3n) is 4.30. The lowest BCUT2D eigenvalue weighted by atomic mass is 10.0. The van der Waals surface area contributed by atoms with Crippen LogP contribution in [0.5, 0.6) is 0 Å². The van der Waals surface area contributed by atoms with Gasteiger partial charge in [-0.15, -0.1) is 0 Å². The molecular weight excluding hydrogens is 366 g/mol. The fourth-order valence-electron chi connectivity index (χ4n) is 2.88. The Kier molecular flexibility index (Phi) is 6.03. The van der Waals surface area contributed by atoms with Crippen LogP contribution in [0.1, 0.15) is 30.5 Å². The van der Waals surface area contributed by atoms with Gasteiger partial charge in [0.25, 0.3) is 0 Å². The first-order chi connectivity index (χ1) is 13.5. The molecule has 0 N–H and O–H groups in total. The largest absolute Gasteiger partial charge is 0.468 e. The zero-order chi connectivity index (χ0) is 20.1. The maximum Gasteiger partial charge on any atom is 0.419 e. The number of halogens is 2. The molecule has 1 unspecified atom stereocenters. The minimum Gasteiger partial charge on any atom is -0.468 e. The van der Waals surface area contributed by atoms with Crippen LogP contribution < -0.4 is 0 Å². The topological polar surface area (TPSA) is 51.1 Å². The number of amides is 1. The number of benzene rings is 2. The summed E-state index contributed by atoms with van der Waals surface area (Å²) in [5.74, 6) is -1.47. The zero-order valence-corrected chi connectivity index (χ0v) is 15.6. The summed E-state index contributed by atoms with van der Waals surface area (Å²) in [6.07, 6.45) is 1.45. The van der Waals surface area contributed by atoms with E-state index in [4.69, 9.17) is 9.47 Å². The van der Waals surface area contributed by atoms with Gasteiger partial charge in [0.15, 0.2) is 0 Å². The Balaban J connectivity index is 1.92. The Hall–Kier alpha value is -3.22.